The molecule has 2 atom stereocenters. The first kappa shape index (κ1) is 29.8. The average molecular weight is 625 g/mol. The van der Waals surface area contributed by atoms with Crippen LogP contribution in [0.4, 0.5) is 19.0 Å². The number of nitrogens with zero attached hydrogens (tertiary/aromatic N) is 5. The summed E-state index contributed by atoms with van der Waals surface area (Å²) in [4.78, 5) is 31.8. The lowest BCUT2D eigenvalue weighted by atomic mass is 9.83. The highest BCUT2D eigenvalue weighted by Gasteiger charge is 2.43. The van der Waals surface area contributed by atoms with Gasteiger partial charge in [-0.2, -0.15) is 13.2 Å². The molecule has 7 rings (SSSR count). The molecule has 13 heteroatoms. The van der Waals surface area contributed by atoms with E-state index in [4.69, 9.17) is 9.72 Å². The number of hydrogen-bond donors (Lipinski definition) is 2. The van der Waals surface area contributed by atoms with Crippen molar-refractivity contribution in [3.05, 3.63) is 69.9 Å². The van der Waals surface area contributed by atoms with Crippen LogP contribution in [0.5, 0.6) is 0 Å². The Morgan fingerprint density at radius 2 is 1.91 bits per heavy atom. The van der Waals surface area contributed by atoms with Crippen LogP contribution in [0, 0.1) is 11.8 Å². The number of benzene rings is 1. The van der Waals surface area contributed by atoms with E-state index in [0.29, 0.717) is 31.5 Å². The number of carboxylic acid groups (broad SMARTS) is 1. The molecule has 4 aliphatic rings. The number of carbonyl (C=O) groups is 2. The summed E-state index contributed by atoms with van der Waals surface area (Å²) in [5.74, 6) is -0.168. The third kappa shape index (κ3) is 5.83. The minimum absolute atomic E-state index is 0.0712. The van der Waals surface area contributed by atoms with Crippen LogP contribution in [0.2, 0.25) is 0 Å². The number of aryl methyl sites for hydroxylation is 1. The molecule has 0 bridgehead atoms. The van der Waals surface area contributed by atoms with Crippen molar-refractivity contribution >= 4 is 17.7 Å². The normalized spacial score (nSPS) is 20.1. The predicted molar refractivity (Wildman–Crippen MR) is 156 cm³/mol. The number of ether oxygens (including phenoxy) is 1. The van der Waals surface area contributed by atoms with E-state index in [-0.39, 0.29) is 41.0 Å². The lowest BCUT2D eigenvalue weighted by molar-refractivity contribution is -0.138. The van der Waals surface area contributed by atoms with E-state index < -0.39 is 36.1 Å². The number of carbonyl (C=O) groups excluding carboxylic acids is 1. The summed E-state index contributed by atoms with van der Waals surface area (Å²) in [6.45, 7) is 1.29. The Morgan fingerprint density at radius 1 is 1.13 bits per heavy atom. The number of aliphatic carboxylic acids is 1. The monoisotopic (exact) mass is 624 g/mol. The number of alkyl halides is 3. The molecule has 1 aromatic carbocycles. The summed E-state index contributed by atoms with van der Waals surface area (Å²) < 4.78 is 51.0. The number of fused-ring (bicyclic) bond motifs is 1. The number of anilines is 1. The van der Waals surface area contributed by atoms with E-state index in [1.54, 1.807) is 12.4 Å². The van der Waals surface area contributed by atoms with Crippen molar-refractivity contribution in [2.75, 3.05) is 24.7 Å². The maximum absolute atomic E-state index is 14.6. The number of amides is 1. The van der Waals surface area contributed by atoms with Gasteiger partial charge < -0.3 is 19.7 Å². The zero-order valence-corrected chi connectivity index (χ0v) is 24.9. The second kappa shape index (κ2) is 11.5. The van der Waals surface area contributed by atoms with Crippen molar-refractivity contribution in [2.24, 2.45) is 18.9 Å². The third-order valence-electron chi connectivity index (χ3n) is 9.67. The fourth-order valence-electron chi connectivity index (χ4n) is 6.67. The highest BCUT2D eigenvalue weighted by molar-refractivity contribution is 6.10. The minimum Gasteiger partial charge on any atom is -0.481 e. The molecule has 0 radical (unpaired) electrons. The summed E-state index contributed by atoms with van der Waals surface area (Å²) >= 11 is 0. The first-order valence-electron chi connectivity index (χ1n) is 15.5. The van der Waals surface area contributed by atoms with Crippen molar-refractivity contribution in [2.45, 2.75) is 69.1 Å². The van der Waals surface area contributed by atoms with Crippen LogP contribution in [0.15, 0.2) is 30.6 Å². The average Bonchev–Trinajstić information content (AvgIpc) is 3.63. The first-order valence-corrected chi connectivity index (χ1v) is 15.5. The summed E-state index contributed by atoms with van der Waals surface area (Å²) in [5.41, 5.74) is 0.699. The van der Waals surface area contributed by atoms with E-state index >= 15 is 0 Å². The molecule has 0 spiro atoms. The number of nitrogens with one attached hydrogen (secondary N) is 1. The SMILES string of the molecule is Cn1cnnc1[C@H](c1cc(C2CC2)nc(N2Cc3c(cc([C@H](CC(=O)O)NCC4CCC4)cc3C(F)(F)F)C2=O)c1)C1COC1. The van der Waals surface area contributed by atoms with Crippen molar-refractivity contribution in [3.8, 4) is 0 Å². The number of hydrogen-bond acceptors (Lipinski definition) is 7. The Morgan fingerprint density at radius 3 is 2.49 bits per heavy atom. The van der Waals surface area contributed by atoms with Gasteiger partial charge in [0.25, 0.3) is 5.91 Å². The Hall–Kier alpha value is -3.84. The maximum Gasteiger partial charge on any atom is 0.416 e. The van der Waals surface area contributed by atoms with Gasteiger partial charge in [-0.1, -0.05) is 6.42 Å². The third-order valence-corrected chi connectivity index (χ3v) is 9.67. The van der Waals surface area contributed by atoms with Crippen LogP contribution in [0.1, 0.15) is 101 Å². The van der Waals surface area contributed by atoms with Gasteiger partial charge in [-0.25, -0.2) is 4.98 Å². The summed E-state index contributed by atoms with van der Waals surface area (Å²) in [6, 6.07) is 5.40. The molecule has 2 aliphatic heterocycles. The Kier molecular flexibility index (Phi) is 7.63. The van der Waals surface area contributed by atoms with Crippen LogP contribution in [-0.2, 0) is 29.3 Å². The summed E-state index contributed by atoms with van der Waals surface area (Å²) in [6.07, 6.45) is 1.47. The molecular formula is C32H35F3N6O4. The Bertz CT molecular complexity index is 1630. The first-order chi connectivity index (χ1) is 21.6. The lowest BCUT2D eigenvalue weighted by Gasteiger charge is -2.34. The molecule has 3 fully saturated rings. The number of rotatable bonds is 11. The molecule has 1 amide bonds. The Labute approximate surface area is 258 Å². The van der Waals surface area contributed by atoms with Crippen LogP contribution < -0.4 is 10.2 Å². The molecule has 238 valence electrons. The van der Waals surface area contributed by atoms with Gasteiger partial charge in [-0.15, -0.1) is 10.2 Å². The maximum atomic E-state index is 14.6. The van der Waals surface area contributed by atoms with Gasteiger partial charge in [-0.05, 0) is 79.1 Å². The van der Waals surface area contributed by atoms with Gasteiger partial charge in [0.15, 0.2) is 0 Å². The molecule has 45 heavy (non-hydrogen) atoms. The van der Waals surface area contributed by atoms with Gasteiger partial charge in [0.05, 0.1) is 37.7 Å². The number of aromatic nitrogens is 4. The predicted octanol–water partition coefficient (Wildman–Crippen LogP) is 4.95. The standard InChI is InChI=1S/C32H35F3N6O4/c1-40-16-37-39-30(40)29(21-14-45-15-21)20-9-26(18-5-6-18)38-27(10-20)41-13-23-22(31(41)44)7-19(8-24(23)32(33,34)35)25(11-28(42)43)36-12-17-3-2-4-17/h7-10,16-18,21,25,29,36H,2-6,11-15H2,1H3,(H,42,43)/t25-,29+/m0/s1. The second-order valence-corrected chi connectivity index (χ2v) is 12.9. The van der Waals surface area contributed by atoms with Gasteiger partial charge in [0.1, 0.15) is 18.0 Å². The number of halogens is 3. The van der Waals surface area contributed by atoms with Crippen molar-refractivity contribution in [3.63, 3.8) is 0 Å². The molecule has 0 unspecified atom stereocenters. The van der Waals surface area contributed by atoms with Crippen LogP contribution in [-0.4, -0.2) is 56.5 Å². The van der Waals surface area contributed by atoms with Crippen molar-refractivity contribution < 1.29 is 32.6 Å². The molecule has 2 aromatic heterocycles. The van der Waals surface area contributed by atoms with Crippen LogP contribution in [0.3, 0.4) is 0 Å². The largest absolute Gasteiger partial charge is 0.481 e. The topological polar surface area (TPSA) is 122 Å². The van der Waals surface area contributed by atoms with E-state index in [0.717, 1.165) is 55.3 Å². The molecular weight excluding hydrogens is 589 g/mol. The van der Waals surface area contributed by atoms with E-state index in [1.807, 2.05) is 17.7 Å². The molecule has 4 heterocycles. The highest BCUT2D eigenvalue weighted by atomic mass is 19.4. The zero-order valence-electron chi connectivity index (χ0n) is 24.9. The van der Waals surface area contributed by atoms with E-state index in [1.165, 1.54) is 11.0 Å². The quantitative estimate of drug-likeness (QED) is 0.307. The smallest absolute Gasteiger partial charge is 0.416 e. The highest BCUT2D eigenvalue weighted by Crippen LogP contribution is 2.45. The van der Waals surface area contributed by atoms with Crippen LogP contribution >= 0.6 is 0 Å². The van der Waals surface area contributed by atoms with Crippen molar-refractivity contribution in [1.82, 2.24) is 25.1 Å². The van der Waals surface area contributed by atoms with Crippen LogP contribution in [0.25, 0.3) is 0 Å². The fourth-order valence-corrected chi connectivity index (χ4v) is 6.67. The molecule has 2 aliphatic carbocycles. The number of carboxylic acids is 1. The molecule has 2 saturated carbocycles. The lowest BCUT2D eigenvalue weighted by Crippen LogP contribution is -2.35. The van der Waals surface area contributed by atoms with Crippen molar-refractivity contribution in [1.29, 1.82) is 0 Å². The molecule has 2 N–H and O–H groups in total. The van der Waals surface area contributed by atoms with Gasteiger partial charge in [0.2, 0.25) is 0 Å². The summed E-state index contributed by atoms with van der Waals surface area (Å²) in [5, 5.41) is 21.2. The number of pyridine rings is 1. The summed E-state index contributed by atoms with van der Waals surface area (Å²) in [7, 11) is 1.86. The molecule has 1 saturated heterocycles. The molecule has 10 nitrogen and oxygen atoms in total. The zero-order chi connectivity index (χ0) is 31.5. The second-order valence-electron chi connectivity index (χ2n) is 12.9. The Balaban J connectivity index is 1.27. The van der Waals surface area contributed by atoms with E-state index in [9.17, 15) is 27.9 Å². The van der Waals surface area contributed by atoms with Gasteiger partial charge in [0, 0.05) is 36.2 Å². The molecule has 3 aromatic rings. The van der Waals surface area contributed by atoms with Gasteiger partial charge >= 0.3 is 12.1 Å². The minimum atomic E-state index is -4.74. The van der Waals surface area contributed by atoms with E-state index in [2.05, 4.69) is 15.5 Å². The van der Waals surface area contributed by atoms with Gasteiger partial charge in [-0.3, -0.25) is 14.5 Å². The fraction of sp³-hybridized carbons (Fsp3) is 0.531.